The number of halogens is 1. The monoisotopic (exact) mass is 470 g/mol. The van der Waals surface area contributed by atoms with Crippen molar-refractivity contribution in [3.8, 4) is 5.75 Å². The van der Waals surface area contributed by atoms with Crippen LogP contribution in [0.5, 0.6) is 5.75 Å². The Balaban J connectivity index is 1.76. The Kier molecular flexibility index (Phi) is 8.01. The first-order valence-electron chi connectivity index (χ1n) is 9.43. The molecule has 162 valence electrons. The number of nitrogens with zero attached hydrogens (tertiary/aromatic N) is 1. The summed E-state index contributed by atoms with van der Waals surface area (Å²) in [5.41, 5.74) is 0.384. The molecule has 0 atom stereocenters. The number of thioether (sulfide) groups is 1. The number of carbonyl (C=O) groups is 1. The molecule has 0 spiro atoms. The lowest BCUT2D eigenvalue weighted by molar-refractivity contribution is -0.113. The molecule has 1 amide bonds. The van der Waals surface area contributed by atoms with Crippen molar-refractivity contribution in [1.82, 2.24) is 4.31 Å². The molecule has 3 rings (SSSR count). The van der Waals surface area contributed by atoms with Crippen LogP contribution in [0.1, 0.15) is 6.92 Å². The highest BCUT2D eigenvalue weighted by Crippen LogP contribution is 2.31. The van der Waals surface area contributed by atoms with Crippen LogP contribution in [0.2, 0.25) is 5.02 Å². The van der Waals surface area contributed by atoms with Crippen molar-refractivity contribution in [2.24, 2.45) is 0 Å². The molecule has 0 radical (unpaired) electrons. The number of nitrogens with one attached hydrogen (secondary N) is 1. The molecule has 0 saturated carbocycles. The maximum absolute atomic E-state index is 13.1. The van der Waals surface area contributed by atoms with Gasteiger partial charge in [-0.25, -0.2) is 8.42 Å². The summed E-state index contributed by atoms with van der Waals surface area (Å²) < 4.78 is 38.4. The van der Waals surface area contributed by atoms with E-state index in [-0.39, 0.29) is 35.4 Å². The van der Waals surface area contributed by atoms with Gasteiger partial charge in [0.15, 0.2) is 0 Å². The highest BCUT2D eigenvalue weighted by atomic mass is 35.5. The number of carbonyl (C=O) groups excluding carboxylic acids is 1. The fraction of sp³-hybridized carbons (Fsp3) is 0.350. The fourth-order valence-corrected chi connectivity index (χ4v) is 5.49. The summed E-state index contributed by atoms with van der Waals surface area (Å²) in [6, 6.07) is 11.9. The molecular weight excluding hydrogens is 448 g/mol. The van der Waals surface area contributed by atoms with Gasteiger partial charge < -0.3 is 14.8 Å². The number of ether oxygens (including phenoxy) is 2. The summed E-state index contributed by atoms with van der Waals surface area (Å²) in [6.45, 7) is 3.36. The summed E-state index contributed by atoms with van der Waals surface area (Å²) in [5.74, 6) is 0.133. The van der Waals surface area contributed by atoms with Crippen LogP contribution in [0, 0.1) is 0 Å². The van der Waals surface area contributed by atoms with E-state index < -0.39 is 10.0 Å². The van der Waals surface area contributed by atoms with E-state index in [2.05, 4.69) is 5.32 Å². The average molecular weight is 471 g/mol. The lowest BCUT2D eigenvalue weighted by Crippen LogP contribution is -2.40. The van der Waals surface area contributed by atoms with Gasteiger partial charge in [-0.3, -0.25) is 4.79 Å². The van der Waals surface area contributed by atoms with Crippen molar-refractivity contribution < 1.29 is 22.7 Å². The lowest BCUT2D eigenvalue weighted by Gasteiger charge is -2.27. The van der Waals surface area contributed by atoms with Crippen LogP contribution in [0.4, 0.5) is 5.69 Å². The van der Waals surface area contributed by atoms with Gasteiger partial charge in [-0.15, -0.1) is 11.8 Å². The molecule has 0 bridgehead atoms. The molecule has 7 nitrogen and oxygen atoms in total. The van der Waals surface area contributed by atoms with E-state index in [1.165, 1.54) is 22.1 Å². The Morgan fingerprint density at radius 2 is 1.97 bits per heavy atom. The first kappa shape index (κ1) is 22.9. The number of amides is 1. The van der Waals surface area contributed by atoms with E-state index in [0.717, 1.165) is 4.90 Å². The van der Waals surface area contributed by atoms with Crippen LogP contribution >= 0.6 is 23.4 Å². The molecule has 1 saturated heterocycles. The van der Waals surface area contributed by atoms with E-state index in [4.69, 9.17) is 21.1 Å². The van der Waals surface area contributed by atoms with Crippen LogP contribution in [0.15, 0.2) is 52.3 Å². The molecule has 1 aliphatic heterocycles. The van der Waals surface area contributed by atoms with Crippen LogP contribution < -0.4 is 10.1 Å². The van der Waals surface area contributed by atoms with Gasteiger partial charge in [0.05, 0.1) is 30.6 Å². The van der Waals surface area contributed by atoms with Crippen LogP contribution in [-0.2, 0) is 19.6 Å². The quantitative estimate of drug-likeness (QED) is 0.594. The summed E-state index contributed by atoms with van der Waals surface area (Å²) in [7, 11) is -3.78. The van der Waals surface area contributed by atoms with Crippen molar-refractivity contribution in [2.45, 2.75) is 16.7 Å². The van der Waals surface area contributed by atoms with Gasteiger partial charge in [0, 0.05) is 23.7 Å². The second-order valence-corrected chi connectivity index (χ2v) is 9.71. The molecule has 0 aromatic heterocycles. The first-order chi connectivity index (χ1) is 14.4. The minimum Gasteiger partial charge on any atom is -0.492 e. The van der Waals surface area contributed by atoms with E-state index in [1.807, 2.05) is 18.2 Å². The number of benzene rings is 2. The van der Waals surface area contributed by atoms with Gasteiger partial charge >= 0.3 is 0 Å². The van der Waals surface area contributed by atoms with Crippen LogP contribution in [0.25, 0.3) is 0 Å². The number of hydrogen-bond acceptors (Lipinski definition) is 6. The number of hydrogen-bond donors (Lipinski definition) is 1. The third-order valence-electron chi connectivity index (χ3n) is 4.31. The summed E-state index contributed by atoms with van der Waals surface area (Å²) in [6.07, 6.45) is 0. The lowest BCUT2D eigenvalue weighted by atomic mass is 10.3. The highest BCUT2D eigenvalue weighted by Gasteiger charge is 2.29. The van der Waals surface area contributed by atoms with E-state index in [1.54, 1.807) is 25.1 Å². The normalized spacial score (nSPS) is 15.0. The summed E-state index contributed by atoms with van der Waals surface area (Å²) in [4.78, 5) is 13.2. The molecule has 30 heavy (non-hydrogen) atoms. The number of anilines is 1. The van der Waals surface area contributed by atoms with Crippen molar-refractivity contribution in [3.63, 3.8) is 0 Å². The number of sulfonamides is 1. The zero-order valence-corrected chi connectivity index (χ0v) is 18.9. The molecule has 0 unspecified atom stereocenters. The van der Waals surface area contributed by atoms with Gasteiger partial charge in [-0.1, -0.05) is 23.7 Å². The smallest absolute Gasteiger partial charge is 0.246 e. The third kappa shape index (κ3) is 5.67. The van der Waals surface area contributed by atoms with Gasteiger partial charge in [-0.2, -0.15) is 4.31 Å². The first-order valence-corrected chi connectivity index (χ1v) is 12.2. The van der Waals surface area contributed by atoms with Gasteiger partial charge in [0.2, 0.25) is 15.9 Å². The van der Waals surface area contributed by atoms with E-state index in [0.29, 0.717) is 30.5 Å². The van der Waals surface area contributed by atoms with Gasteiger partial charge in [-0.05, 0) is 37.3 Å². The molecule has 1 N–H and O–H groups in total. The molecule has 1 aliphatic rings. The zero-order valence-electron chi connectivity index (χ0n) is 16.5. The van der Waals surface area contributed by atoms with Crippen LogP contribution in [0.3, 0.4) is 0 Å². The predicted octanol–water partition coefficient (Wildman–Crippen LogP) is 3.49. The van der Waals surface area contributed by atoms with E-state index >= 15 is 0 Å². The molecule has 0 aliphatic carbocycles. The minimum atomic E-state index is -3.78. The van der Waals surface area contributed by atoms with Crippen molar-refractivity contribution >= 4 is 45.0 Å². The Hall–Kier alpha value is -1.78. The summed E-state index contributed by atoms with van der Waals surface area (Å²) in [5, 5.41) is 3.33. The SMILES string of the molecule is CCOc1ccc(NC(=O)CSc2ccccc2Cl)cc1S(=O)(=O)N1CCOCC1. The fourth-order valence-electron chi connectivity index (χ4n) is 2.89. The Morgan fingerprint density at radius 1 is 1.23 bits per heavy atom. The minimum absolute atomic E-state index is 0.0304. The third-order valence-corrected chi connectivity index (χ3v) is 7.75. The second-order valence-electron chi connectivity index (χ2n) is 6.38. The second kappa shape index (κ2) is 10.5. The summed E-state index contributed by atoms with van der Waals surface area (Å²) >= 11 is 7.42. The van der Waals surface area contributed by atoms with Crippen LogP contribution in [-0.4, -0.2) is 57.3 Å². The topological polar surface area (TPSA) is 84.9 Å². The Bertz CT molecular complexity index is 994. The molecular formula is C20H23ClN2O5S2. The molecule has 2 aromatic rings. The molecule has 10 heteroatoms. The molecule has 1 heterocycles. The zero-order chi connectivity index (χ0) is 21.6. The number of morpholine rings is 1. The average Bonchev–Trinajstić information content (AvgIpc) is 2.75. The van der Waals surface area contributed by atoms with E-state index in [9.17, 15) is 13.2 Å². The van der Waals surface area contributed by atoms with Gasteiger partial charge in [0.1, 0.15) is 10.6 Å². The molecule has 2 aromatic carbocycles. The maximum Gasteiger partial charge on any atom is 0.246 e. The largest absolute Gasteiger partial charge is 0.492 e. The van der Waals surface area contributed by atoms with Gasteiger partial charge in [0.25, 0.3) is 0 Å². The maximum atomic E-state index is 13.1. The standard InChI is InChI=1S/C20H23ClN2O5S2/c1-2-28-17-8-7-15(13-19(17)30(25,26)23-9-11-27-12-10-23)22-20(24)14-29-18-6-4-3-5-16(18)21/h3-8,13H,2,9-12,14H2,1H3,(H,22,24). The van der Waals surface area contributed by atoms with Crippen molar-refractivity contribution in [2.75, 3.05) is 44.0 Å². The van der Waals surface area contributed by atoms with Crippen molar-refractivity contribution in [1.29, 1.82) is 0 Å². The predicted molar refractivity (Wildman–Crippen MR) is 118 cm³/mol. The highest BCUT2D eigenvalue weighted by molar-refractivity contribution is 8.00. The van der Waals surface area contributed by atoms with Crippen molar-refractivity contribution in [3.05, 3.63) is 47.5 Å². The Morgan fingerprint density at radius 3 is 2.67 bits per heavy atom. The Labute approximate surface area is 185 Å². The number of rotatable bonds is 8. The molecule has 1 fully saturated rings.